The fraction of sp³-hybridized carbons (Fsp3) is 0.182. The standard InChI is InChI=1S/C22H19N5O3/c1-10-19(11(2)30-27-10)15-8-16-14(9-17(15)29-4)20-21(13-5-6-23-18(28)7-13)24-12(3)25-22(20)26-16/h5-9H,1-4H3,(H,23,28)(H,24,25,26). The molecule has 0 radical (unpaired) electrons. The summed E-state index contributed by atoms with van der Waals surface area (Å²) >= 11 is 0. The molecule has 5 rings (SSSR count). The summed E-state index contributed by atoms with van der Waals surface area (Å²) in [7, 11) is 1.63. The summed E-state index contributed by atoms with van der Waals surface area (Å²) in [4.78, 5) is 27.1. The minimum Gasteiger partial charge on any atom is -0.496 e. The second-order valence-corrected chi connectivity index (χ2v) is 7.21. The van der Waals surface area contributed by atoms with Crippen LogP contribution in [0.15, 0.2) is 39.8 Å². The highest BCUT2D eigenvalue weighted by molar-refractivity contribution is 6.13. The van der Waals surface area contributed by atoms with Crippen LogP contribution in [0.4, 0.5) is 0 Å². The summed E-state index contributed by atoms with van der Waals surface area (Å²) in [6, 6.07) is 7.34. The van der Waals surface area contributed by atoms with E-state index in [4.69, 9.17) is 9.26 Å². The topological polar surface area (TPSA) is 110 Å². The molecule has 0 amide bonds. The molecule has 0 aliphatic heterocycles. The normalized spacial score (nSPS) is 11.5. The van der Waals surface area contributed by atoms with Crippen molar-refractivity contribution in [2.45, 2.75) is 20.8 Å². The highest BCUT2D eigenvalue weighted by Crippen LogP contribution is 2.41. The molecule has 150 valence electrons. The molecule has 0 fully saturated rings. The summed E-state index contributed by atoms with van der Waals surface area (Å²) in [5, 5.41) is 5.82. The minimum absolute atomic E-state index is 0.185. The van der Waals surface area contributed by atoms with Crippen molar-refractivity contribution in [3.05, 3.63) is 58.1 Å². The first-order valence-electron chi connectivity index (χ1n) is 9.46. The van der Waals surface area contributed by atoms with Crippen molar-refractivity contribution in [3.63, 3.8) is 0 Å². The van der Waals surface area contributed by atoms with Crippen LogP contribution in [0.3, 0.4) is 0 Å². The van der Waals surface area contributed by atoms with Crippen molar-refractivity contribution in [2.24, 2.45) is 0 Å². The Morgan fingerprint density at radius 3 is 2.63 bits per heavy atom. The molecule has 4 heterocycles. The Hall–Kier alpha value is -3.94. The van der Waals surface area contributed by atoms with E-state index in [-0.39, 0.29) is 5.56 Å². The maximum absolute atomic E-state index is 11.9. The van der Waals surface area contributed by atoms with Gasteiger partial charge >= 0.3 is 0 Å². The first-order valence-corrected chi connectivity index (χ1v) is 9.46. The molecule has 0 bridgehead atoms. The van der Waals surface area contributed by atoms with Gasteiger partial charge in [-0.3, -0.25) is 4.79 Å². The molecule has 0 saturated heterocycles. The van der Waals surface area contributed by atoms with Crippen LogP contribution in [0.1, 0.15) is 17.3 Å². The van der Waals surface area contributed by atoms with E-state index in [1.165, 1.54) is 6.07 Å². The molecule has 0 spiro atoms. The lowest BCUT2D eigenvalue weighted by Crippen LogP contribution is -2.03. The number of H-pyrrole nitrogens is 2. The number of benzene rings is 1. The van der Waals surface area contributed by atoms with Gasteiger partial charge in [0, 0.05) is 34.3 Å². The van der Waals surface area contributed by atoms with Crippen LogP contribution in [0.5, 0.6) is 5.75 Å². The number of ether oxygens (including phenoxy) is 1. The number of nitrogens with zero attached hydrogens (tertiary/aromatic N) is 3. The Labute approximate surface area is 170 Å². The molecule has 0 atom stereocenters. The first-order chi connectivity index (χ1) is 14.5. The molecule has 1 aromatic carbocycles. The zero-order valence-corrected chi connectivity index (χ0v) is 17.0. The van der Waals surface area contributed by atoms with Gasteiger partial charge in [-0.2, -0.15) is 0 Å². The van der Waals surface area contributed by atoms with Gasteiger partial charge in [-0.15, -0.1) is 0 Å². The third kappa shape index (κ3) is 2.68. The van der Waals surface area contributed by atoms with Gasteiger partial charge in [0.2, 0.25) is 5.56 Å². The molecule has 30 heavy (non-hydrogen) atoms. The Kier molecular flexibility index (Phi) is 3.95. The van der Waals surface area contributed by atoms with E-state index < -0.39 is 0 Å². The highest BCUT2D eigenvalue weighted by atomic mass is 16.5. The number of aryl methyl sites for hydroxylation is 3. The van der Waals surface area contributed by atoms with Gasteiger partial charge in [-0.25, -0.2) is 9.97 Å². The van der Waals surface area contributed by atoms with Crippen LogP contribution in [-0.2, 0) is 0 Å². The van der Waals surface area contributed by atoms with Gasteiger partial charge in [0.05, 0.1) is 29.4 Å². The second-order valence-electron chi connectivity index (χ2n) is 7.21. The molecule has 8 heteroatoms. The number of hydrogen-bond acceptors (Lipinski definition) is 6. The van der Waals surface area contributed by atoms with Gasteiger partial charge in [-0.05, 0) is 39.0 Å². The number of pyridine rings is 1. The van der Waals surface area contributed by atoms with Crippen molar-refractivity contribution >= 4 is 21.9 Å². The number of aromatic amines is 2. The largest absolute Gasteiger partial charge is 0.496 e. The van der Waals surface area contributed by atoms with Gasteiger partial charge in [0.1, 0.15) is 23.0 Å². The van der Waals surface area contributed by atoms with E-state index in [9.17, 15) is 4.79 Å². The Morgan fingerprint density at radius 2 is 1.93 bits per heavy atom. The summed E-state index contributed by atoms with van der Waals surface area (Å²) < 4.78 is 11.1. The number of nitrogens with one attached hydrogen (secondary N) is 2. The van der Waals surface area contributed by atoms with Crippen LogP contribution < -0.4 is 10.3 Å². The van der Waals surface area contributed by atoms with E-state index in [1.54, 1.807) is 13.3 Å². The lowest BCUT2D eigenvalue weighted by atomic mass is 10.00. The van der Waals surface area contributed by atoms with E-state index in [2.05, 4.69) is 25.1 Å². The molecular weight excluding hydrogens is 382 g/mol. The molecule has 4 aromatic heterocycles. The van der Waals surface area contributed by atoms with E-state index in [1.807, 2.05) is 39.0 Å². The molecule has 0 saturated carbocycles. The monoisotopic (exact) mass is 401 g/mol. The number of methoxy groups -OCH3 is 1. The molecule has 0 unspecified atom stereocenters. The van der Waals surface area contributed by atoms with Gasteiger partial charge in [0.25, 0.3) is 0 Å². The summed E-state index contributed by atoms with van der Waals surface area (Å²) in [5.74, 6) is 2.03. The van der Waals surface area contributed by atoms with Crippen molar-refractivity contribution in [1.82, 2.24) is 25.1 Å². The Morgan fingerprint density at radius 1 is 1.10 bits per heavy atom. The predicted octanol–water partition coefficient (Wildman–Crippen LogP) is 4.06. The van der Waals surface area contributed by atoms with Crippen molar-refractivity contribution < 1.29 is 9.26 Å². The smallest absolute Gasteiger partial charge is 0.248 e. The van der Waals surface area contributed by atoms with Crippen LogP contribution in [0, 0.1) is 20.8 Å². The third-order valence-corrected chi connectivity index (χ3v) is 5.23. The Bertz CT molecular complexity index is 1470. The van der Waals surface area contributed by atoms with Crippen LogP contribution in [-0.4, -0.2) is 32.2 Å². The quantitative estimate of drug-likeness (QED) is 0.472. The lowest BCUT2D eigenvalue weighted by Gasteiger charge is -2.09. The maximum Gasteiger partial charge on any atom is 0.248 e. The minimum atomic E-state index is -0.185. The second kappa shape index (κ2) is 6.55. The fourth-order valence-corrected chi connectivity index (χ4v) is 3.97. The molecule has 8 nitrogen and oxygen atoms in total. The Balaban J connectivity index is 1.88. The summed E-state index contributed by atoms with van der Waals surface area (Å²) in [6.45, 7) is 5.61. The van der Waals surface area contributed by atoms with E-state index in [0.29, 0.717) is 22.9 Å². The highest BCUT2D eigenvalue weighted by Gasteiger charge is 2.21. The number of aromatic nitrogens is 5. The van der Waals surface area contributed by atoms with Gasteiger partial charge in [-0.1, -0.05) is 5.16 Å². The number of fused-ring (bicyclic) bond motifs is 3. The van der Waals surface area contributed by atoms with Crippen molar-refractivity contribution in [2.75, 3.05) is 7.11 Å². The third-order valence-electron chi connectivity index (χ3n) is 5.23. The number of rotatable bonds is 3. The van der Waals surface area contributed by atoms with Crippen LogP contribution in [0.25, 0.3) is 44.3 Å². The molecule has 2 N–H and O–H groups in total. The van der Waals surface area contributed by atoms with Gasteiger partial charge < -0.3 is 19.2 Å². The molecular formula is C22H19N5O3. The average Bonchev–Trinajstić information content (AvgIpc) is 3.24. The first kappa shape index (κ1) is 18.1. The average molecular weight is 401 g/mol. The SMILES string of the molecule is COc1cc2c(cc1-c1c(C)noc1C)[nH]c1nc(C)nc(-c3cc[nH]c(=O)c3)c12. The van der Waals surface area contributed by atoms with Crippen LogP contribution >= 0.6 is 0 Å². The van der Waals surface area contributed by atoms with E-state index >= 15 is 0 Å². The summed E-state index contributed by atoms with van der Waals surface area (Å²) in [5.41, 5.74) is 5.40. The number of hydrogen-bond donors (Lipinski definition) is 2. The van der Waals surface area contributed by atoms with Crippen molar-refractivity contribution in [1.29, 1.82) is 0 Å². The zero-order chi connectivity index (χ0) is 21.0. The lowest BCUT2D eigenvalue weighted by molar-refractivity contribution is 0.393. The van der Waals surface area contributed by atoms with Crippen molar-refractivity contribution in [3.8, 4) is 28.1 Å². The molecule has 0 aliphatic rings. The zero-order valence-electron chi connectivity index (χ0n) is 17.0. The summed E-state index contributed by atoms with van der Waals surface area (Å²) in [6.07, 6.45) is 1.62. The van der Waals surface area contributed by atoms with Gasteiger partial charge in [0.15, 0.2) is 0 Å². The van der Waals surface area contributed by atoms with Crippen LogP contribution in [0.2, 0.25) is 0 Å². The predicted molar refractivity (Wildman–Crippen MR) is 114 cm³/mol. The molecule has 5 aromatic rings. The maximum atomic E-state index is 11.9. The molecule has 0 aliphatic carbocycles. The van der Waals surface area contributed by atoms with E-state index in [0.717, 1.165) is 44.4 Å². The fourth-order valence-electron chi connectivity index (χ4n) is 3.97.